The molecule has 1 heterocycles. The van der Waals surface area contributed by atoms with Crippen molar-refractivity contribution in [3.05, 3.63) is 24.3 Å². The number of carbonyl (C=O) groups is 3. The Hall–Kier alpha value is -2.32. The monoisotopic (exact) mass is 427 g/mol. The average Bonchev–Trinajstić information content (AvgIpc) is 2.68. The van der Waals surface area contributed by atoms with Crippen LogP contribution in [0.1, 0.15) is 32.6 Å². The second-order valence-corrected chi connectivity index (χ2v) is 6.88. The number of amides is 2. The minimum Gasteiger partial charge on any atom is -0.495 e. The predicted octanol–water partition coefficient (Wildman–Crippen LogP) is 2.23. The van der Waals surface area contributed by atoms with E-state index in [4.69, 9.17) is 4.74 Å². The molecular weight excluding hydrogens is 398 g/mol. The molecule has 1 aromatic rings. The molecule has 1 unspecified atom stereocenters. The van der Waals surface area contributed by atoms with Crippen LogP contribution in [0, 0.1) is 0 Å². The summed E-state index contributed by atoms with van der Waals surface area (Å²) in [5.41, 5.74) is 0.542. The molecule has 0 saturated carbocycles. The highest BCUT2D eigenvalue weighted by Gasteiger charge is 2.31. The van der Waals surface area contributed by atoms with Crippen LogP contribution in [0.3, 0.4) is 0 Å². The molecule has 1 saturated heterocycles. The van der Waals surface area contributed by atoms with Crippen molar-refractivity contribution in [2.24, 2.45) is 0 Å². The van der Waals surface area contributed by atoms with E-state index in [1.807, 2.05) is 6.92 Å². The number of carboxylic acids is 1. The minimum absolute atomic E-state index is 0. The lowest BCUT2D eigenvalue weighted by Crippen LogP contribution is -2.50. The second kappa shape index (κ2) is 12.3. The number of piperidine rings is 1. The first-order valence-corrected chi connectivity index (χ1v) is 9.63. The van der Waals surface area contributed by atoms with Gasteiger partial charge in [-0.05, 0) is 37.9 Å². The fraction of sp³-hybridized carbons (Fsp3) is 0.550. The number of halogens is 1. The summed E-state index contributed by atoms with van der Waals surface area (Å²) in [6.07, 6.45) is 2.97. The minimum atomic E-state index is -0.900. The normalized spacial score (nSPS) is 16.4. The zero-order chi connectivity index (χ0) is 20.5. The molecule has 1 fully saturated rings. The van der Waals surface area contributed by atoms with E-state index in [1.165, 1.54) is 12.0 Å². The third-order valence-corrected chi connectivity index (χ3v) is 4.80. The van der Waals surface area contributed by atoms with Gasteiger partial charge in [0.05, 0.1) is 25.9 Å². The summed E-state index contributed by atoms with van der Waals surface area (Å²) in [4.78, 5) is 39.9. The Morgan fingerprint density at radius 1 is 1.28 bits per heavy atom. The lowest BCUT2D eigenvalue weighted by molar-refractivity contribution is -0.146. The number of nitrogens with zero attached hydrogens (tertiary/aromatic N) is 2. The SMILES string of the molecule is CCCN(CC(=O)Nc1ccccc1OC)C(=O)CN1CCCCC1C(=O)O.Cl. The molecule has 9 heteroatoms. The molecule has 2 rings (SSSR count). The average molecular weight is 428 g/mol. The van der Waals surface area contributed by atoms with Crippen LogP contribution in [-0.2, 0) is 14.4 Å². The van der Waals surface area contributed by atoms with Crippen LogP contribution in [-0.4, -0.2) is 72.0 Å². The number of carboxylic acid groups (broad SMARTS) is 1. The Kier molecular flexibility index (Phi) is 10.5. The number of hydrogen-bond donors (Lipinski definition) is 2. The second-order valence-electron chi connectivity index (χ2n) is 6.88. The predicted molar refractivity (Wildman–Crippen MR) is 113 cm³/mol. The number of carbonyl (C=O) groups excluding carboxylic acids is 2. The smallest absolute Gasteiger partial charge is 0.320 e. The van der Waals surface area contributed by atoms with Gasteiger partial charge in [-0.15, -0.1) is 12.4 Å². The summed E-state index contributed by atoms with van der Waals surface area (Å²) in [6.45, 7) is 2.87. The highest BCUT2D eigenvalue weighted by Crippen LogP contribution is 2.23. The number of nitrogens with one attached hydrogen (secondary N) is 1. The van der Waals surface area contributed by atoms with Crippen molar-refractivity contribution >= 4 is 35.9 Å². The maximum Gasteiger partial charge on any atom is 0.320 e. The highest BCUT2D eigenvalue weighted by molar-refractivity contribution is 5.96. The number of benzene rings is 1. The van der Waals surface area contributed by atoms with E-state index in [0.29, 0.717) is 37.4 Å². The van der Waals surface area contributed by atoms with Crippen LogP contribution >= 0.6 is 12.4 Å². The number of likely N-dealkylation sites (tertiary alicyclic amines) is 1. The first-order valence-electron chi connectivity index (χ1n) is 9.63. The first-order chi connectivity index (χ1) is 13.5. The van der Waals surface area contributed by atoms with Gasteiger partial charge < -0.3 is 20.1 Å². The van der Waals surface area contributed by atoms with E-state index in [0.717, 1.165) is 12.8 Å². The maximum atomic E-state index is 12.8. The van der Waals surface area contributed by atoms with E-state index in [1.54, 1.807) is 29.2 Å². The van der Waals surface area contributed by atoms with Gasteiger partial charge in [0, 0.05) is 6.54 Å². The topological polar surface area (TPSA) is 99.2 Å². The fourth-order valence-corrected chi connectivity index (χ4v) is 3.41. The number of rotatable bonds is 9. The van der Waals surface area contributed by atoms with Gasteiger partial charge in [-0.25, -0.2) is 0 Å². The van der Waals surface area contributed by atoms with Gasteiger partial charge in [0.25, 0.3) is 0 Å². The van der Waals surface area contributed by atoms with Gasteiger partial charge in [-0.1, -0.05) is 25.5 Å². The van der Waals surface area contributed by atoms with Gasteiger partial charge in [0.15, 0.2) is 0 Å². The molecule has 8 nitrogen and oxygen atoms in total. The van der Waals surface area contributed by atoms with Crippen molar-refractivity contribution in [3.8, 4) is 5.75 Å². The molecule has 1 atom stereocenters. The number of methoxy groups -OCH3 is 1. The molecule has 0 bridgehead atoms. The van der Waals surface area contributed by atoms with Gasteiger partial charge >= 0.3 is 5.97 Å². The molecule has 0 radical (unpaired) electrons. The largest absolute Gasteiger partial charge is 0.495 e. The number of para-hydroxylation sites is 2. The molecule has 0 spiro atoms. The molecule has 1 aromatic carbocycles. The number of ether oxygens (including phenoxy) is 1. The quantitative estimate of drug-likeness (QED) is 0.627. The van der Waals surface area contributed by atoms with Crippen molar-refractivity contribution < 1.29 is 24.2 Å². The summed E-state index contributed by atoms with van der Waals surface area (Å²) in [5.74, 6) is -0.907. The van der Waals surface area contributed by atoms with Crippen LogP contribution in [0.2, 0.25) is 0 Å². The van der Waals surface area contributed by atoms with Crippen LogP contribution < -0.4 is 10.1 Å². The molecule has 1 aliphatic rings. The summed E-state index contributed by atoms with van der Waals surface area (Å²) in [7, 11) is 1.52. The number of aliphatic carboxylic acids is 1. The fourth-order valence-electron chi connectivity index (χ4n) is 3.41. The van der Waals surface area contributed by atoms with Crippen LogP contribution in [0.15, 0.2) is 24.3 Å². The van der Waals surface area contributed by atoms with Crippen molar-refractivity contribution in [2.45, 2.75) is 38.6 Å². The maximum absolute atomic E-state index is 12.8. The number of anilines is 1. The van der Waals surface area contributed by atoms with E-state index in [2.05, 4.69) is 5.32 Å². The Balaban J connectivity index is 0.00000420. The molecule has 2 N–H and O–H groups in total. The molecule has 0 aromatic heterocycles. The third kappa shape index (κ3) is 7.21. The van der Waals surface area contributed by atoms with Crippen LogP contribution in [0.5, 0.6) is 5.75 Å². The van der Waals surface area contributed by atoms with Crippen molar-refractivity contribution in [1.82, 2.24) is 9.80 Å². The third-order valence-electron chi connectivity index (χ3n) is 4.80. The summed E-state index contributed by atoms with van der Waals surface area (Å²) < 4.78 is 5.22. The van der Waals surface area contributed by atoms with Crippen molar-refractivity contribution in [1.29, 1.82) is 0 Å². The Morgan fingerprint density at radius 3 is 2.66 bits per heavy atom. The molecule has 0 aliphatic carbocycles. The Labute approximate surface area is 177 Å². The van der Waals surface area contributed by atoms with Gasteiger partial charge in [0.2, 0.25) is 11.8 Å². The standard InChI is InChI=1S/C20H29N3O5.ClH/c1-3-11-23(13-18(24)21-15-8-4-5-10-17(15)28-2)19(25)14-22-12-7-6-9-16(22)20(26)27;/h4-5,8,10,16H,3,6-7,9,11-14H2,1-2H3,(H,21,24)(H,26,27);1H. The summed E-state index contributed by atoms with van der Waals surface area (Å²) >= 11 is 0. The zero-order valence-corrected chi connectivity index (χ0v) is 17.7. The lowest BCUT2D eigenvalue weighted by atomic mass is 10.0. The van der Waals surface area contributed by atoms with E-state index >= 15 is 0 Å². The van der Waals surface area contributed by atoms with Crippen LogP contribution in [0.4, 0.5) is 5.69 Å². The van der Waals surface area contributed by atoms with Crippen molar-refractivity contribution in [3.63, 3.8) is 0 Å². The molecule has 2 amide bonds. The van der Waals surface area contributed by atoms with E-state index in [9.17, 15) is 19.5 Å². The highest BCUT2D eigenvalue weighted by atomic mass is 35.5. The van der Waals surface area contributed by atoms with E-state index < -0.39 is 12.0 Å². The number of hydrogen-bond acceptors (Lipinski definition) is 5. The summed E-state index contributed by atoms with van der Waals surface area (Å²) in [5, 5.41) is 12.2. The van der Waals surface area contributed by atoms with Crippen molar-refractivity contribution in [2.75, 3.05) is 38.6 Å². The Bertz CT molecular complexity index is 700. The zero-order valence-electron chi connectivity index (χ0n) is 16.9. The molecule has 1 aliphatic heterocycles. The van der Waals surface area contributed by atoms with Gasteiger partial charge in [-0.2, -0.15) is 0 Å². The summed E-state index contributed by atoms with van der Waals surface area (Å²) in [6, 6.07) is 6.43. The van der Waals surface area contributed by atoms with Gasteiger partial charge in [-0.3, -0.25) is 19.3 Å². The van der Waals surface area contributed by atoms with Gasteiger partial charge in [0.1, 0.15) is 11.8 Å². The Morgan fingerprint density at radius 2 is 2.00 bits per heavy atom. The first kappa shape index (κ1) is 24.7. The lowest BCUT2D eigenvalue weighted by Gasteiger charge is -2.34. The molecule has 29 heavy (non-hydrogen) atoms. The van der Waals surface area contributed by atoms with Crippen LogP contribution in [0.25, 0.3) is 0 Å². The molecular formula is C20H30ClN3O5. The van der Waals surface area contributed by atoms with E-state index in [-0.39, 0.29) is 37.3 Å². The molecule has 162 valence electrons.